The number of benzene rings is 1. The van der Waals surface area contributed by atoms with E-state index in [0.29, 0.717) is 43.6 Å². The Kier molecular flexibility index (Phi) is 7.43. The van der Waals surface area contributed by atoms with Crippen molar-refractivity contribution in [3.05, 3.63) is 79.2 Å². The number of anilines is 1. The Morgan fingerprint density at radius 2 is 1.95 bits per heavy atom. The minimum absolute atomic E-state index is 0.00141. The summed E-state index contributed by atoms with van der Waals surface area (Å²) in [5.74, 6) is -1.27. The van der Waals surface area contributed by atoms with E-state index in [1.807, 2.05) is 6.92 Å². The summed E-state index contributed by atoms with van der Waals surface area (Å²) in [4.78, 5) is 50.2. The molecule has 230 valence electrons. The zero-order valence-corrected chi connectivity index (χ0v) is 25.4. The van der Waals surface area contributed by atoms with Crippen LogP contribution in [0, 0.1) is 0 Å². The van der Waals surface area contributed by atoms with Crippen molar-refractivity contribution in [1.82, 2.24) is 29.0 Å². The molecule has 1 aliphatic heterocycles. The minimum Gasteiger partial charge on any atom is -0.505 e. The molecule has 1 spiro atoms. The number of fused-ring (bicyclic) bond motifs is 3. The van der Waals surface area contributed by atoms with Gasteiger partial charge >= 0.3 is 6.18 Å². The summed E-state index contributed by atoms with van der Waals surface area (Å²) in [5, 5.41) is 16.6. The van der Waals surface area contributed by atoms with Gasteiger partial charge in [-0.1, -0.05) is 18.5 Å². The molecule has 44 heavy (non-hydrogen) atoms. The monoisotopic (exact) mass is 693 g/mol. The molecule has 11 nitrogen and oxygen atoms in total. The lowest BCUT2D eigenvalue weighted by atomic mass is 9.73. The van der Waals surface area contributed by atoms with E-state index < -0.39 is 29.0 Å². The minimum atomic E-state index is -4.59. The highest BCUT2D eigenvalue weighted by Crippen LogP contribution is 2.50. The van der Waals surface area contributed by atoms with Crippen molar-refractivity contribution in [1.29, 1.82) is 0 Å². The molecule has 1 aliphatic carbocycles. The number of pyridine rings is 1. The number of nitrogens with zero attached hydrogens (tertiary/aromatic N) is 6. The molecular weight excluding hydrogens is 671 g/mol. The van der Waals surface area contributed by atoms with Crippen LogP contribution in [0.15, 0.2) is 46.1 Å². The largest absolute Gasteiger partial charge is 0.505 e. The predicted octanol–water partition coefficient (Wildman–Crippen LogP) is 4.75. The fraction of sp³-hybridized carbons (Fsp3) is 0.357. The number of nitrogens with one attached hydrogen (secondary N) is 1. The second-order valence-electron chi connectivity index (χ2n) is 11.0. The number of rotatable bonds is 4. The third kappa shape index (κ3) is 5.11. The molecule has 16 heteroatoms. The molecule has 1 saturated heterocycles. The second kappa shape index (κ2) is 10.9. The Morgan fingerprint density at radius 3 is 2.61 bits per heavy atom. The first-order chi connectivity index (χ1) is 20.8. The fourth-order valence-corrected chi connectivity index (χ4v) is 6.97. The van der Waals surface area contributed by atoms with Crippen molar-refractivity contribution in [3.63, 3.8) is 0 Å². The number of hydrogen-bond acceptors (Lipinski definition) is 7. The van der Waals surface area contributed by atoms with Crippen molar-refractivity contribution in [2.24, 2.45) is 0 Å². The summed E-state index contributed by atoms with van der Waals surface area (Å²) < 4.78 is 42.1. The quantitative estimate of drug-likeness (QED) is 0.315. The number of alkyl halides is 3. The van der Waals surface area contributed by atoms with E-state index in [1.54, 1.807) is 9.47 Å². The van der Waals surface area contributed by atoms with Gasteiger partial charge in [0.15, 0.2) is 5.69 Å². The number of hydrogen-bond donors (Lipinski definition) is 2. The SMILES string of the molecule is C[C@@H]1CC2(CCN(C(=O)c3ncccc3O)CC2)c2c1n(CC(=O)Nc1ccc(C(F)(F)F)cc1Cl)c1nc(Br)nn1c2=O. The Balaban J connectivity index is 1.33. The maximum atomic E-state index is 13.9. The van der Waals surface area contributed by atoms with Crippen LogP contribution in [0.3, 0.4) is 0 Å². The van der Waals surface area contributed by atoms with Crippen LogP contribution < -0.4 is 10.9 Å². The molecule has 6 rings (SSSR count). The molecule has 0 unspecified atom stereocenters. The van der Waals surface area contributed by atoms with E-state index in [0.717, 1.165) is 22.7 Å². The van der Waals surface area contributed by atoms with Crippen LogP contribution in [0.1, 0.15) is 59.4 Å². The number of amides is 2. The molecule has 2 N–H and O–H groups in total. The lowest BCUT2D eigenvalue weighted by molar-refractivity contribution is -0.137. The van der Waals surface area contributed by atoms with Gasteiger partial charge in [0, 0.05) is 36.0 Å². The van der Waals surface area contributed by atoms with Crippen LogP contribution in [0.25, 0.3) is 5.78 Å². The Hall–Kier alpha value is -3.98. The number of aromatic nitrogens is 5. The van der Waals surface area contributed by atoms with Gasteiger partial charge in [0.05, 0.1) is 16.3 Å². The van der Waals surface area contributed by atoms with Gasteiger partial charge in [-0.2, -0.15) is 22.7 Å². The maximum absolute atomic E-state index is 13.9. The number of carbonyl (C=O) groups is 2. The van der Waals surface area contributed by atoms with E-state index >= 15 is 0 Å². The molecule has 0 saturated carbocycles. The van der Waals surface area contributed by atoms with Crippen molar-refractivity contribution >= 4 is 50.8 Å². The summed E-state index contributed by atoms with van der Waals surface area (Å²) in [6, 6.07) is 5.57. The summed E-state index contributed by atoms with van der Waals surface area (Å²) in [5.41, 5.74) is -0.877. The molecule has 3 aromatic heterocycles. The van der Waals surface area contributed by atoms with Gasteiger partial charge in [-0.15, -0.1) is 5.10 Å². The summed E-state index contributed by atoms with van der Waals surface area (Å²) >= 11 is 9.27. The van der Waals surface area contributed by atoms with Gasteiger partial charge in [0.2, 0.25) is 16.4 Å². The van der Waals surface area contributed by atoms with Crippen LogP contribution in [0.2, 0.25) is 5.02 Å². The van der Waals surface area contributed by atoms with E-state index in [9.17, 15) is 32.7 Å². The zero-order valence-electron chi connectivity index (χ0n) is 23.0. The number of piperidine rings is 1. The van der Waals surface area contributed by atoms with Gasteiger partial charge in [-0.05, 0) is 71.4 Å². The van der Waals surface area contributed by atoms with Gasteiger partial charge < -0.3 is 19.9 Å². The van der Waals surface area contributed by atoms with E-state index in [4.69, 9.17) is 11.6 Å². The molecule has 4 heterocycles. The summed E-state index contributed by atoms with van der Waals surface area (Å²) in [6.07, 6.45) is -1.68. The Labute approximate surface area is 260 Å². The smallest absolute Gasteiger partial charge is 0.416 e. The highest BCUT2D eigenvalue weighted by molar-refractivity contribution is 9.10. The number of aromatic hydroxyl groups is 1. The molecule has 2 amide bonds. The summed E-state index contributed by atoms with van der Waals surface area (Å²) in [6.45, 7) is 2.25. The number of likely N-dealkylation sites (tertiary alicyclic amines) is 1. The lowest BCUT2D eigenvalue weighted by Gasteiger charge is -2.39. The van der Waals surface area contributed by atoms with E-state index in [2.05, 4.69) is 36.3 Å². The Morgan fingerprint density at radius 1 is 1.23 bits per heavy atom. The molecule has 0 bridgehead atoms. The molecule has 1 atom stereocenters. The molecule has 1 aromatic carbocycles. The number of halogens is 5. The standard InChI is InChI=1S/C28H24BrClF3N7O4/c1-14-12-27(6-9-38(10-7-27)24(44)21-18(41)3-2-8-34-21)20-22(14)39(26-36-25(29)37-40(26)23(20)43)13-19(42)35-17-5-4-15(11-16(17)30)28(31,32)33/h2-5,8,11,14,41H,6-7,9-10,12-13H2,1H3,(H,35,42)/t14-/m1/s1. The van der Waals surface area contributed by atoms with Crippen LogP contribution in [-0.2, 0) is 22.9 Å². The van der Waals surface area contributed by atoms with Gasteiger partial charge in [-0.3, -0.25) is 14.4 Å². The van der Waals surface area contributed by atoms with E-state index in [-0.39, 0.29) is 50.7 Å². The Bertz CT molecular complexity index is 1890. The maximum Gasteiger partial charge on any atom is 0.416 e. The number of carbonyl (C=O) groups excluding carboxylic acids is 2. The van der Waals surface area contributed by atoms with Crippen LogP contribution >= 0.6 is 27.5 Å². The third-order valence-electron chi connectivity index (χ3n) is 8.32. The van der Waals surface area contributed by atoms with Crippen molar-refractivity contribution in [3.8, 4) is 5.75 Å². The first kappa shape index (κ1) is 30.1. The summed E-state index contributed by atoms with van der Waals surface area (Å²) in [7, 11) is 0. The molecular formula is C28H24BrClF3N7O4. The molecule has 2 aliphatic rings. The van der Waals surface area contributed by atoms with E-state index in [1.165, 1.54) is 18.3 Å². The van der Waals surface area contributed by atoms with Gasteiger partial charge in [-0.25, -0.2) is 4.98 Å². The van der Waals surface area contributed by atoms with Crippen molar-refractivity contribution in [2.45, 2.75) is 50.2 Å². The fourth-order valence-electron chi connectivity index (χ4n) is 6.43. The van der Waals surface area contributed by atoms with Crippen molar-refractivity contribution in [2.75, 3.05) is 18.4 Å². The topological polar surface area (TPSA) is 135 Å². The third-order valence-corrected chi connectivity index (χ3v) is 8.97. The van der Waals surface area contributed by atoms with Gasteiger partial charge in [0.1, 0.15) is 12.3 Å². The highest BCUT2D eigenvalue weighted by Gasteiger charge is 2.49. The van der Waals surface area contributed by atoms with Crippen molar-refractivity contribution < 1.29 is 27.9 Å². The highest BCUT2D eigenvalue weighted by atomic mass is 79.9. The van der Waals surface area contributed by atoms with Crippen LogP contribution in [-0.4, -0.2) is 59.1 Å². The normalized spacial score (nSPS) is 17.7. The van der Waals surface area contributed by atoms with Gasteiger partial charge in [0.25, 0.3) is 11.5 Å². The molecule has 1 fully saturated rings. The predicted molar refractivity (Wildman–Crippen MR) is 156 cm³/mol. The molecule has 0 radical (unpaired) electrons. The van der Waals surface area contributed by atoms with Crippen LogP contribution in [0.5, 0.6) is 5.75 Å². The van der Waals surface area contributed by atoms with Crippen LogP contribution in [0.4, 0.5) is 18.9 Å². The first-order valence-corrected chi connectivity index (χ1v) is 14.8. The second-order valence-corrected chi connectivity index (χ2v) is 12.2. The lowest BCUT2D eigenvalue weighted by Crippen LogP contribution is -2.46. The molecule has 4 aromatic rings. The first-order valence-electron chi connectivity index (χ1n) is 13.6. The average molecular weight is 695 g/mol. The zero-order chi connectivity index (χ0) is 31.6. The average Bonchev–Trinajstić information content (AvgIpc) is 3.49.